The summed E-state index contributed by atoms with van der Waals surface area (Å²) < 4.78 is 5.44. The molecule has 0 bridgehead atoms. The van der Waals surface area contributed by atoms with E-state index in [0.717, 1.165) is 21.9 Å². The van der Waals surface area contributed by atoms with E-state index in [0.29, 0.717) is 5.69 Å². The Balaban J connectivity index is 1.84. The van der Waals surface area contributed by atoms with E-state index in [9.17, 15) is 14.7 Å². The van der Waals surface area contributed by atoms with Gasteiger partial charge in [0.15, 0.2) is 0 Å². The molecular formula is C25H29N3O4. The molecular weight excluding hydrogens is 406 g/mol. The number of aliphatic hydroxyl groups is 1. The lowest BCUT2D eigenvalue weighted by atomic mass is 9.96. The second kappa shape index (κ2) is 9.78. The van der Waals surface area contributed by atoms with Gasteiger partial charge in [0.1, 0.15) is 5.60 Å². The van der Waals surface area contributed by atoms with Gasteiger partial charge in [-0.1, -0.05) is 30.3 Å². The summed E-state index contributed by atoms with van der Waals surface area (Å²) in [4.78, 5) is 31.3. The first-order valence-corrected chi connectivity index (χ1v) is 10.4. The lowest BCUT2D eigenvalue weighted by Crippen LogP contribution is -2.39. The number of amides is 2. The summed E-state index contributed by atoms with van der Waals surface area (Å²) in [6, 6.07) is 14.6. The fourth-order valence-corrected chi connectivity index (χ4v) is 3.27. The number of likely N-dealkylation sites (N-methyl/N-ethyl adjacent to an activating group) is 1. The quantitative estimate of drug-likeness (QED) is 0.602. The smallest absolute Gasteiger partial charge is 0.410 e. The van der Waals surface area contributed by atoms with Gasteiger partial charge in [0, 0.05) is 37.1 Å². The number of anilines is 1. The van der Waals surface area contributed by atoms with E-state index in [1.165, 1.54) is 4.90 Å². The molecule has 0 aliphatic heterocycles. The predicted molar refractivity (Wildman–Crippen MR) is 124 cm³/mol. The number of carbonyl (C=O) groups excluding carboxylic acids is 2. The highest BCUT2D eigenvalue weighted by Gasteiger charge is 2.27. The number of hydrogen-bond donors (Lipinski definition) is 2. The SMILES string of the molecule is CN(CC(C(=O)Nc1ccc2cnccc2c1)c1ccc(CO)cc1)C(=O)OC(C)(C)C. The molecule has 3 aromatic rings. The van der Waals surface area contributed by atoms with Crippen molar-refractivity contribution in [2.45, 2.75) is 38.9 Å². The van der Waals surface area contributed by atoms with Crippen molar-refractivity contribution in [1.29, 1.82) is 0 Å². The van der Waals surface area contributed by atoms with E-state index in [2.05, 4.69) is 10.3 Å². The fraction of sp³-hybridized carbons (Fsp3) is 0.320. The van der Waals surface area contributed by atoms with Crippen LogP contribution in [-0.4, -0.2) is 46.2 Å². The maximum Gasteiger partial charge on any atom is 0.410 e. The second-order valence-electron chi connectivity index (χ2n) is 8.74. The lowest BCUT2D eigenvalue weighted by molar-refractivity contribution is -0.117. The summed E-state index contributed by atoms with van der Waals surface area (Å²) in [5.74, 6) is -0.876. The van der Waals surface area contributed by atoms with Crippen LogP contribution in [0.2, 0.25) is 0 Å². The van der Waals surface area contributed by atoms with Crippen LogP contribution in [-0.2, 0) is 16.1 Å². The van der Waals surface area contributed by atoms with Crippen molar-refractivity contribution in [2.24, 2.45) is 0 Å². The second-order valence-corrected chi connectivity index (χ2v) is 8.74. The van der Waals surface area contributed by atoms with E-state index < -0.39 is 17.6 Å². The third-order valence-corrected chi connectivity index (χ3v) is 4.95. The molecule has 0 fully saturated rings. The number of rotatable bonds is 6. The molecule has 2 N–H and O–H groups in total. The fourth-order valence-electron chi connectivity index (χ4n) is 3.27. The molecule has 0 spiro atoms. The number of fused-ring (bicyclic) bond motifs is 1. The van der Waals surface area contributed by atoms with Crippen molar-refractivity contribution in [1.82, 2.24) is 9.88 Å². The molecule has 3 rings (SSSR count). The summed E-state index contributed by atoms with van der Waals surface area (Å²) in [6.07, 6.45) is 2.97. The van der Waals surface area contributed by atoms with Crippen molar-refractivity contribution >= 4 is 28.5 Å². The zero-order chi connectivity index (χ0) is 23.3. The molecule has 7 heteroatoms. The van der Waals surface area contributed by atoms with Crippen LogP contribution in [0.4, 0.5) is 10.5 Å². The molecule has 0 saturated carbocycles. The Morgan fingerprint density at radius 2 is 1.81 bits per heavy atom. The van der Waals surface area contributed by atoms with E-state index in [1.54, 1.807) is 64.5 Å². The van der Waals surface area contributed by atoms with Gasteiger partial charge in [-0.25, -0.2) is 4.79 Å². The molecule has 1 atom stereocenters. The molecule has 0 radical (unpaired) electrons. The number of carbonyl (C=O) groups is 2. The van der Waals surface area contributed by atoms with Crippen molar-refractivity contribution in [3.63, 3.8) is 0 Å². The van der Waals surface area contributed by atoms with E-state index >= 15 is 0 Å². The highest BCUT2D eigenvalue weighted by molar-refractivity contribution is 5.98. The van der Waals surface area contributed by atoms with Gasteiger partial charge in [-0.15, -0.1) is 0 Å². The minimum atomic E-state index is -0.633. The third-order valence-electron chi connectivity index (χ3n) is 4.95. The van der Waals surface area contributed by atoms with Gasteiger partial charge in [0.2, 0.25) is 5.91 Å². The number of pyridine rings is 1. The first-order valence-electron chi connectivity index (χ1n) is 10.4. The number of aliphatic hydroxyl groups excluding tert-OH is 1. The van der Waals surface area contributed by atoms with Crippen LogP contribution in [0, 0.1) is 0 Å². The highest BCUT2D eigenvalue weighted by Crippen LogP contribution is 2.23. The summed E-state index contributed by atoms with van der Waals surface area (Å²) in [7, 11) is 1.61. The predicted octanol–water partition coefficient (Wildman–Crippen LogP) is 4.32. The van der Waals surface area contributed by atoms with Gasteiger partial charge in [-0.3, -0.25) is 9.78 Å². The molecule has 7 nitrogen and oxygen atoms in total. The number of aromatic nitrogens is 1. The van der Waals surface area contributed by atoms with Crippen molar-refractivity contribution in [3.8, 4) is 0 Å². The van der Waals surface area contributed by atoms with Crippen LogP contribution < -0.4 is 5.32 Å². The standard InChI is InChI=1S/C25H29N3O4/c1-25(2,3)32-24(31)28(4)15-22(18-7-5-17(16-29)6-8-18)23(30)27-21-10-9-20-14-26-12-11-19(20)13-21/h5-14,22,29H,15-16H2,1-4H3,(H,27,30). The van der Waals surface area contributed by atoms with Crippen molar-refractivity contribution in [3.05, 3.63) is 72.1 Å². The van der Waals surface area contributed by atoms with Crippen LogP contribution in [0.3, 0.4) is 0 Å². The molecule has 0 aliphatic rings. The van der Waals surface area contributed by atoms with Gasteiger partial charge < -0.3 is 20.1 Å². The third kappa shape index (κ3) is 6.04. The van der Waals surface area contributed by atoms with Gasteiger partial charge in [0.25, 0.3) is 0 Å². The zero-order valence-corrected chi connectivity index (χ0v) is 18.8. The average Bonchev–Trinajstić information content (AvgIpc) is 2.76. The monoisotopic (exact) mass is 435 g/mol. The molecule has 1 heterocycles. The van der Waals surface area contributed by atoms with Crippen LogP contribution in [0.5, 0.6) is 0 Å². The number of nitrogens with zero attached hydrogens (tertiary/aromatic N) is 2. The van der Waals surface area contributed by atoms with Crippen molar-refractivity contribution < 1.29 is 19.4 Å². The minimum Gasteiger partial charge on any atom is -0.444 e. The maximum atomic E-state index is 13.3. The summed E-state index contributed by atoms with van der Waals surface area (Å²) >= 11 is 0. The number of nitrogens with one attached hydrogen (secondary N) is 1. The van der Waals surface area contributed by atoms with Crippen LogP contribution >= 0.6 is 0 Å². The maximum absolute atomic E-state index is 13.3. The Hall–Kier alpha value is -3.45. The van der Waals surface area contributed by atoms with Crippen LogP contribution in [0.1, 0.15) is 37.8 Å². The molecule has 2 aromatic carbocycles. The van der Waals surface area contributed by atoms with Crippen LogP contribution in [0.15, 0.2) is 60.9 Å². The first kappa shape index (κ1) is 23.2. The molecule has 1 aromatic heterocycles. The zero-order valence-electron chi connectivity index (χ0n) is 18.8. The van der Waals surface area contributed by atoms with Crippen molar-refractivity contribution in [2.75, 3.05) is 18.9 Å². The largest absolute Gasteiger partial charge is 0.444 e. The Labute approximate surface area is 188 Å². The normalized spacial score (nSPS) is 12.3. The number of ether oxygens (including phenoxy) is 1. The Morgan fingerprint density at radius 1 is 1.09 bits per heavy atom. The Morgan fingerprint density at radius 3 is 2.47 bits per heavy atom. The Bertz CT molecular complexity index is 1090. The Kier molecular flexibility index (Phi) is 7.10. The summed E-state index contributed by atoms with van der Waals surface area (Å²) in [5, 5.41) is 14.2. The van der Waals surface area contributed by atoms with Gasteiger partial charge in [-0.2, -0.15) is 0 Å². The summed E-state index contributed by atoms with van der Waals surface area (Å²) in [6.45, 7) is 5.45. The van der Waals surface area contributed by atoms with Gasteiger partial charge >= 0.3 is 6.09 Å². The topological polar surface area (TPSA) is 91.8 Å². The van der Waals surface area contributed by atoms with E-state index in [-0.39, 0.29) is 19.1 Å². The molecule has 0 saturated heterocycles. The van der Waals surface area contributed by atoms with Gasteiger partial charge in [-0.05, 0) is 55.5 Å². The lowest BCUT2D eigenvalue weighted by Gasteiger charge is -2.27. The van der Waals surface area contributed by atoms with E-state index in [4.69, 9.17) is 4.74 Å². The molecule has 32 heavy (non-hydrogen) atoms. The molecule has 0 aliphatic carbocycles. The number of benzene rings is 2. The average molecular weight is 436 g/mol. The summed E-state index contributed by atoms with van der Waals surface area (Å²) in [5.41, 5.74) is 1.51. The minimum absolute atomic E-state index is 0.0824. The van der Waals surface area contributed by atoms with Crippen LogP contribution in [0.25, 0.3) is 10.8 Å². The highest BCUT2D eigenvalue weighted by atomic mass is 16.6. The first-order chi connectivity index (χ1) is 15.2. The molecule has 168 valence electrons. The van der Waals surface area contributed by atoms with Gasteiger partial charge in [0.05, 0.1) is 12.5 Å². The molecule has 2 amide bonds. The molecule has 1 unspecified atom stereocenters. The number of hydrogen-bond acceptors (Lipinski definition) is 5. The van der Waals surface area contributed by atoms with E-state index in [1.807, 2.05) is 24.3 Å².